The minimum Gasteiger partial charge on any atom is -0.480 e. The largest absolute Gasteiger partial charge is 0.480 e. The number of nitrogens with two attached hydrogens (primary N) is 1. The molecule has 0 radical (unpaired) electrons. The predicted molar refractivity (Wildman–Crippen MR) is 110 cm³/mol. The van der Waals surface area contributed by atoms with Crippen molar-refractivity contribution in [2.75, 3.05) is 6.54 Å². The van der Waals surface area contributed by atoms with Gasteiger partial charge in [-0.05, 0) is 38.0 Å². The third-order valence-electron chi connectivity index (χ3n) is 5.17. The van der Waals surface area contributed by atoms with Crippen LogP contribution in [0.1, 0.15) is 53.9 Å². The number of nitrogens with zero attached hydrogens (tertiary/aromatic N) is 1. The molecule has 0 aromatic rings. The van der Waals surface area contributed by atoms with Crippen LogP contribution in [0.5, 0.6) is 0 Å². The van der Waals surface area contributed by atoms with Crippen LogP contribution in [-0.4, -0.2) is 75.6 Å². The summed E-state index contributed by atoms with van der Waals surface area (Å²) < 4.78 is 0. The average Bonchev–Trinajstić information content (AvgIpc) is 3.11. The van der Waals surface area contributed by atoms with Gasteiger partial charge in [0.2, 0.25) is 17.7 Å². The van der Waals surface area contributed by atoms with Gasteiger partial charge in [0.15, 0.2) is 6.04 Å². The lowest BCUT2D eigenvalue weighted by Gasteiger charge is -2.30. The van der Waals surface area contributed by atoms with E-state index in [0.29, 0.717) is 25.8 Å². The maximum absolute atomic E-state index is 12.9. The topological polar surface area (TPSA) is 162 Å². The van der Waals surface area contributed by atoms with Crippen molar-refractivity contribution in [3.63, 3.8) is 0 Å². The van der Waals surface area contributed by atoms with Gasteiger partial charge in [-0.15, -0.1) is 0 Å². The van der Waals surface area contributed by atoms with Crippen LogP contribution in [-0.2, 0) is 19.2 Å². The molecule has 1 rings (SSSR count). The number of aliphatic carboxylic acids is 1. The first-order chi connectivity index (χ1) is 13.9. The minimum absolute atomic E-state index is 0.240. The molecule has 10 nitrogen and oxygen atoms in total. The smallest absolute Gasteiger partial charge is 0.328 e. The number of nitrogens with one attached hydrogen (secondary N) is 2. The summed E-state index contributed by atoms with van der Waals surface area (Å²) in [5.74, 6) is -2.95. The lowest BCUT2D eigenvalue weighted by atomic mass is 10.0. The molecule has 1 saturated heterocycles. The van der Waals surface area contributed by atoms with Crippen LogP contribution in [0, 0.1) is 11.8 Å². The molecule has 0 bridgehead atoms. The van der Waals surface area contributed by atoms with E-state index in [0.717, 1.165) is 0 Å². The van der Waals surface area contributed by atoms with Crippen molar-refractivity contribution >= 4 is 23.7 Å². The number of amides is 3. The van der Waals surface area contributed by atoms with Gasteiger partial charge in [0, 0.05) is 6.54 Å². The van der Waals surface area contributed by atoms with Crippen molar-refractivity contribution in [1.29, 1.82) is 0 Å². The number of likely N-dealkylation sites (tertiary alicyclic amines) is 1. The number of carboxylic acids is 1. The zero-order valence-electron chi connectivity index (χ0n) is 18.4. The minimum atomic E-state index is -1.49. The van der Waals surface area contributed by atoms with Gasteiger partial charge in [-0.25, -0.2) is 4.79 Å². The maximum atomic E-state index is 12.9. The van der Waals surface area contributed by atoms with Gasteiger partial charge in [-0.1, -0.05) is 27.7 Å². The molecular formula is C20H36N4O6. The summed E-state index contributed by atoms with van der Waals surface area (Å²) in [7, 11) is 0. The molecule has 1 heterocycles. The van der Waals surface area contributed by atoms with Crippen LogP contribution in [0.25, 0.3) is 0 Å². The maximum Gasteiger partial charge on any atom is 0.328 e. The first-order valence-electron chi connectivity index (χ1n) is 10.4. The summed E-state index contributed by atoms with van der Waals surface area (Å²) in [5, 5.41) is 23.6. The Morgan fingerprint density at radius 1 is 1.07 bits per heavy atom. The molecule has 3 amide bonds. The zero-order valence-corrected chi connectivity index (χ0v) is 18.4. The number of aliphatic hydroxyl groups excluding tert-OH is 1. The van der Waals surface area contributed by atoms with Crippen molar-refractivity contribution in [3.05, 3.63) is 0 Å². The van der Waals surface area contributed by atoms with Crippen LogP contribution < -0.4 is 16.4 Å². The zero-order chi connectivity index (χ0) is 23.2. The molecule has 6 N–H and O–H groups in total. The summed E-state index contributed by atoms with van der Waals surface area (Å²) >= 11 is 0. The number of hydrogen-bond donors (Lipinski definition) is 5. The Morgan fingerprint density at radius 3 is 2.13 bits per heavy atom. The van der Waals surface area contributed by atoms with E-state index in [1.165, 1.54) is 11.8 Å². The molecular weight excluding hydrogens is 392 g/mol. The van der Waals surface area contributed by atoms with E-state index < -0.39 is 48.1 Å². The van der Waals surface area contributed by atoms with Crippen LogP contribution >= 0.6 is 0 Å². The summed E-state index contributed by atoms with van der Waals surface area (Å²) in [6.45, 7) is 9.02. The molecule has 0 aromatic carbocycles. The highest BCUT2D eigenvalue weighted by Crippen LogP contribution is 2.20. The fourth-order valence-electron chi connectivity index (χ4n) is 3.54. The number of aliphatic hydroxyl groups is 1. The standard InChI is InChI=1S/C20H36N4O6/c1-10(2)9-13(21)19(28)24-8-6-7-14(24)17(26)22-15(11(3)4)18(27)23-16(12(5)25)20(29)30/h10-16,25H,6-9,21H2,1-5H3,(H,22,26)(H,23,27)(H,29,30). The van der Waals surface area contributed by atoms with Crippen molar-refractivity contribution in [1.82, 2.24) is 15.5 Å². The summed E-state index contributed by atoms with van der Waals surface area (Å²) in [4.78, 5) is 50.9. The van der Waals surface area contributed by atoms with Gasteiger partial charge in [0.05, 0.1) is 12.1 Å². The quantitative estimate of drug-likeness (QED) is 0.311. The monoisotopic (exact) mass is 428 g/mol. The molecule has 5 atom stereocenters. The second kappa shape index (κ2) is 11.3. The van der Waals surface area contributed by atoms with E-state index in [9.17, 15) is 24.3 Å². The number of carboxylic acid groups (broad SMARTS) is 1. The van der Waals surface area contributed by atoms with Crippen molar-refractivity contribution < 1.29 is 29.4 Å². The predicted octanol–water partition coefficient (Wildman–Crippen LogP) is -0.558. The molecule has 1 aliphatic heterocycles. The first-order valence-corrected chi connectivity index (χ1v) is 10.4. The fraction of sp³-hybridized carbons (Fsp3) is 0.800. The SMILES string of the molecule is CC(C)CC(N)C(=O)N1CCCC1C(=O)NC(C(=O)NC(C(=O)O)C(C)O)C(C)C. The normalized spacial score (nSPS) is 20.6. The molecule has 1 fully saturated rings. The third kappa shape index (κ3) is 6.94. The summed E-state index contributed by atoms with van der Waals surface area (Å²) in [6, 6.07) is -3.92. The first kappa shape index (κ1) is 25.8. The molecule has 1 aliphatic rings. The van der Waals surface area contributed by atoms with E-state index in [2.05, 4.69) is 10.6 Å². The Labute approximate surface area is 177 Å². The number of carbonyl (C=O) groups is 4. The molecule has 5 unspecified atom stereocenters. The van der Waals surface area contributed by atoms with E-state index in [1.807, 2.05) is 13.8 Å². The van der Waals surface area contributed by atoms with Gasteiger partial charge in [0.1, 0.15) is 12.1 Å². The Kier molecular flexibility index (Phi) is 9.70. The Hall–Kier alpha value is -2.20. The van der Waals surface area contributed by atoms with E-state index in [4.69, 9.17) is 10.8 Å². The molecule has 0 aromatic heterocycles. The molecule has 0 aliphatic carbocycles. The van der Waals surface area contributed by atoms with Crippen molar-refractivity contribution in [3.8, 4) is 0 Å². The van der Waals surface area contributed by atoms with Crippen LogP contribution in [0.2, 0.25) is 0 Å². The highest BCUT2D eigenvalue weighted by atomic mass is 16.4. The van der Waals surface area contributed by atoms with Gasteiger partial charge < -0.3 is 31.5 Å². The number of rotatable bonds is 10. The molecule has 172 valence electrons. The lowest BCUT2D eigenvalue weighted by Crippen LogP contribution is -2.59. The fourth-order valence-corrected chi connectivity index (χ4v) is 3.54. The number of carbonyl (C=O) groups excluding carboxylic acids is 3. The third-order valence-corrected chi connectivity index (χ3v) is 5.17. The van der Waals surface area contributed by atoms with Gasteiger partial charge in [-0.2, -0.15) is 0 Å². The van der Waals surface area contributed by atoms with Crippen LogP contribution in [0.15, 0.2) is 0 Å². The van der Waals surface area contributed by atoms with E-state index >= 15 is 0 Å². The van der Waals surface area contributed by atoms with Crippen molar-refractivity contribution in [2.24, 2.45) is 17.6 Å². The highest BCUT2D eigenvalue weighted by molar-refractivity contribution is 5.94. The van der Waals surface area contributed by atoms with Crippen LogP contribution in [0.3, 0.4) is 0 Å². The Bertz CT molecular complexity index is 637. The van der Waals surface area contributed by atoms with E-state index in [1.54, 1.807) is 13.8 Å². The Balaban J connectivity index is 2.88. The summed E-state index contributed by atoms with van der Waals surface area (Å²) in [5.41, 5.74) is 6.00. The van der Waals surface area contributed by atoms with Gasteiger partial charge >= 0.3 is 5.97 Å². The van der Waals surface area contributed by atoms with Gasteiger partial charge in [0.25, 0.3) is 0 Å². The molecule has 10 heteroatoms. The summed E-state index contributed by atoms with van der Waals surface area (Å²) in [6.07, 6.45) is 0.320. The average molecular weight is 429 g/mol. The molecule has 0 spiro atoms. The number of hydrogen-bond acceptors (Lipinski definition) is 6. The highest BCUT2D eigenvalue weighted by Gasteiger charge is 2.38. The van der Waals surface area contributed by atoms with Crippen LogP contribution in [0.4, 0.5) is 0 Å². The molecule has 30 heavy (non-hydrogen) atoms. The van der Waals surface area contributed by atoms with Gasteiger partial charge in [-0.3, -0.25) is 14.4 Å². The van der Waals surface area contributed by atoms with Crippen molar-refractivity contribution in [2.45, 2.75) is 84.2 Å². The molecule has 0 saturated carbocycles. The van der Waals surface area contributed by atoms with E-state index in [-0.39, 0.29) is 17.7 Å². The second-order valence-corrected chi connectivity index (χ2v) is 8.72. The Morgan fingerprint density at radius 2 is 1.67 bits per heavy atom. The second-order valence-electron chi connectivity index (χ2n) is 8.72. The lowest BCUT2D eigenvalue weighted by molar-refractivity contribution is -0.146.